The topological polar surface area (TPSA) is 12.0 Å². The average molecular weight is 175 g/mol. The zero-order valence-corrected chi connectivity index (χ0v) is 8.80. The highest BCUT2D eigenvalue weighted by Gasteiger charge is 1.94. The van der Waals surface area contributed by atoms with Crippen LogP contribution in [0.1, 0.15) is 19.4 Å². The molecular weight excluding hydrogens is 157 g/mol. The van der Waals surface area contributed by atoms with Gasteiger partial charge in [0.05, 0.1) is 0 Å². The van der Waals surface area contributed by atoms with E-state index in [9.17, 15) is 0 Å². The highest BCUT2D eigenvalue weighted by molar-refractivity contribution is 6.32. The van der Waals surface area contributed by atoms with Crippen LogP contribution in [-0.2, 0) is 6.54 Å². The molecule has 0 heterocycles. The zero-order chi connectivity index (χ0) is 9.68. The summed E-state index contributed by atoms with van der Waals surface area (Å²) in [5.41, 5.74) is 2.69. The fourth-order valence-electron chi connectivity index (χ4n) is 1.21. The van der Waals surface area contributed by atoms with Gasteiger partial charge in [0.1, 0.15) is 7.85 Å². The van der Waals surface area contributed by atoms with Crippen molar-refractivity contribution in [2.45, 2.75) is 20.4 Å². The molecule has 0 aromatic heterocycles. The minimum absolute atomic E-state index is 0.727. The first-order chi connectivity index (χ1) is 6.18. The van der Waals surface area contributed by atoms with Crippen LogP contribution in [0.3, 0.4) is 0 Å². The van der Waals surface area contributed by atoms with Crippen molar-refractivity contribution >= 4 is 13.3 Å². The third kappa shape index (κ3) is 4.14. The molecule has 70 valence electrons. The van der Waals surface area contributed by atoms with Crippen molar-refractivity contribution in [2.24, 2.45) is 5.92 Å². The number of benzene rings is 1. The molecule has 1 N–H and O–H groups in total. The number of hydrogen-bond acceptors (Lipinski definition) is 1. The molecule has 0 aliphatic carbocycles. The second-order valence-corrected chi connectivity index (χ2v) is 4.01. The minimum atomic E-state index is 0.727. The van der Waals surface area contributed by atoms with E-state index >= 15 is 0 Å². The first-order valence-electron chi connectivity index (χ1n) is 4.94. The minimum Gasteiger partial charge on any atom is -0.312 e. The predicted molar refractivity (Wildman–Crippen MR) is 61.2 cm³/mol. The van der Waals surface area contributed by atoms with E-state index in [1.165, 1.54) is 11.0 Å². The molecule has 0 aliphatic rings. The summed E-state index contributed by atoms with van der Waals surface area (Å²) in [7, 11) is 2.12. The third-order valence-electron chi connectivity index (χ3n) is 2.00. The summed E-state index contributed by atoms with van der Waals surface area (Å²) in [4.78, 5) is 0. The van der Waals surface area contributed by atoms with E-state index in [1.807, 2.05) is 0 Å². The lowest BCUT2D eigenvalue weighted by molar-refractivity contribution is 0.552. The Balaban J connectivity index is 2.33. The summed E-state index contributed by atoms with van der Waals surface area (Å²) in [6.45, 7) is 6.52. The second kappa shape index (κ2) is 5.08. The molecule has 0 aliphatic heterocycles. The summed E-state index contributed by atoms with van der Waals surface area (Å²) in [6, 6.07) is 8.68. The fraction of sp³-hybridized carbons (Fsp3) is 0.455. The van der Waals surface area contributed by atoms with Gasteiger partial charge >= 0.3 is 0 Å². The fourth-order valence-corrected chi connectivity index (χ4v) is 1.21. The Kier molecular flexibility index (Phi) is 4.03. The van der Waals surface area contributed by atoms with E-state index in [0.29, 0.717) is 0 Å². The molecular formula is C11H18BN. The molecule has 0 spiro atoms. The summed E-state index contributed by atoms with van der Waals surface area (Å²) in [6.07, 6.45) is 0. The molecule has 0 radical (unpaired) electrons. The largest absolute Gasteiger partial charge is 0.312 e. The van der Waals surface area contributed by atoms with Crippen LogP contribution in [0.15, 0.2) is 24.3 Å². The van der Waals surface area contributed by atoms with E-state index < -0.39 is 0 Å². The first-order valence-corrected chi connectivity index (χ1v) is 4.94. The molecule has 0 saturated carbocycles. The maximum absolute atomic E-state index is 3.42. The van der Waals surface area contributed by atoms with Crippen LogP contribution in [0.25, 0.3) is 0 Å². The molecule has 2 heteroatoms. The Hall–Kier alpha value is -0.755. The lowest BCUT2D eigenvalue weighted by Gasteiger charge is -2.07. The number of rotatable bonds is 4. The van der Waals surface area contributed by atoms with Gasteiger partial charge in [-0.05, 0) is 18.0 Å². The van der Waals surface area contributed by atoms with Crippen LogP contribution in [0, 0.1) is 5.92 Å². The van der Waals surface area contributed by atoms with Crippen LogP contribution < -0.4 is 10.8 Å². The summed E-state index contributed by atoms with van der Waals surface area (Å²) in [5, 5.41) is 3.42. The Labute approximate surface area is 82.0 Å². The van der Waals surface area contributed by atoms with E-state index in [4.69, 9.17) is 0 Å². The molecule has 1 rings (SSSR count). The SMILES string of the molecule is Bc1ccc(CNCC(C)C)cc1. The quantitative estimate of drug-likeness (QED) is 0.664. The van der Waals surface area contributed by atoms with E-state index in [-0.39, 0.29) is 0 Å². The van der Waals surface area contributed by atoms with Crippen LogP contribution in [0.2, 0.25) is 0 Å². The van der Waals surface area contributed by atoms with Crippen LogP contribution >= 0.6 is 0 Å². The second-order valence-electron chi connectivity index (χ2n) is 4.01. The molecule has 0 unspecified atom stereocenters. The standard InChI is InChI=1S/C11H18BN/c1-9(2)7-13-8-10-3-5-11(12)6-4-10/h3-6,9,13H,7-8,12H2,1-2H3. The van der Waals surface area contributed by atoms with Gasteiger partial charge in [-0.15, -0.1) is 0 Å². The van der Waals surface area contributed by atoms with Gasteiger partial charge in [0.25, 0.3) is 0 Å². The molecule has 13 heavy (non-hydrogen) atoms. The zero-order valence-electron chi connectivity index (χ0n) is 8.80. The molecule has 1 aromatic carbocycles. The van der Waals surface area contributed by atoms with Crippen molar-refractivity contribution in [1.82, 2.24) is 5.32 Å². The average Bonchev–Trinajstić information content (AvgIpc) is 2.08. The summed E-state index contributed by atoms with van der Waals surface area (Å²) >= 11 is 0. The molecule has 0 fully saturated rings. The Morgan fingerprint density at radius 3 is 2.38 bits per heavy atom. The Morgan fingerprint density at radius 1 is 1.23 bits per heavy atom. The van der Waals surface area contributed by atoms with Gasteiger partial charge in [0.2, 0.25) is 0 Å². The van der Waals surface area contributed by atoms with Gasteiger partial charge < -0.3 is 5.32 Å². The lowest BCUT2D eigenvalue weighted by atomic mass is 9.95. The van der Waals surface area contributed by atoms with Gasteiger partial charge in [-0.25, -0.2) is 0 Å². The summed E-state index contributed by atoms with van der Waals surface area (Å²) < 4.78 is 0. The van der Waals surface area contributed by atoms with Gasteiger partial charge in [0.15, 0.2) is 0 Å². The molecule has 0 atom stereocenters. The van der Waals surface area contributed by atoms with Crippen LogP contribution in [0.4, 0.5) is 0 Å². The maximum Gasteiger partial charge on any atom is 0.139 e. The molecule has 1 nitrogen and oxygen atoms in total. The van der Waals surface area contributed by atoms with Gasteiger partial charge in [-0.2, -0.15) is 0 Å². The van der Waals surface area contributed by atoms with Crippen molar-refractivity contribution in [2.75, 3.05) is 6.54 Å². The lowest BCUT2D eigenvalue weighted by Crippen LogP contribution is -2.19. The maximum atomic E-state index is 3.42. The van der Waals surface area contributed by atoms with Crippen molar-refractivity contribution in [3.63, 3.8) is 0 Å². The van der Waals surface area contributed by atoms with E-state index in [0.717, 1.165) is 19.0 Å². The van der Waals surface area contributed by atoms with Crippen LogP contribution in [-0.4, -0.2) is 14.4 Å². The summed E-state index contributed by atoms with van der Waals surface area (Å²) in [5.74, 6) is 0.727. The van der Waals surface area contributed by atoms with Gasteiger partial charge in [0, 0.05) is 6.54 Å². The molecule has 0 saturated heterocycles. The van der Waals surface area contributed by atoms with Gasteiger partial charge in [-0.3, -0.25) is 0 Å². The van der Waals surface area contributed by atoms with Crippen LogP contribution in [0.5, 0.6) is 0 Å². The van der Waals surface area contributed by atoms with Crippen molar-refractivity contribution in [1.29, 1.82) is 0 Å². The smallest absolute Gasteiger partial charge is 0.139 e. The normalized spacial score (nSPS) is 10.7. The monoisotopic (exact) mass is 175 g/mol. The van der Waals surface area contributed by atoms with Crippen molar-refractivity contribution < 1.29 is 0 Å². The number of hydrogen-bond donors (Lipinski definition) is 1. The molecule has 0 amide bonds. The van der Waals surface area contributed by atoms with Crippen molar-refractivity contribution in [3.8, 4) is 0 Å². The van der Waals surface area contributed by atoms with Crippen molar-refractivity contribution in [3.05, 3.63) is 29.8 Å². The Bertz CT molecular complexity index is 241. The van der Waals surface area contributed by atoms with E-state index in [1.54, 1.807) is 0 Å². The highest BCUT2D eigenvalue weighted by Crippen LogP contribution is 1.96. The third-order valence-corrected chi connectivity index (χ3v) is 2.00. The van der Waals surface area contributed by atoms with Gasteiger partial charge in [-0.1, -0.05) is 43.6 Å². The number of nitrogens with one attached hydrogen (secondary N) is 1. The molecule has 1 aromatic rings. The highest BCUT2D eigenvalue weighted by atomic mass is 14.8. The predicted octanol–water partition coefficient (Wildman–Crippen LogP) is 0.691. The molecule has 0 bridgehead atoms. The Morgan fingerprint density at radius 2 is 1.85 bits per heavy atom. The first kappa shape index (κ1) is 10.3. The van der Waals surface area contributed by atoms with E-state index in [2.05, 4.69) is 51.3 Å².